The number of pyridine rings is 1. The van der Waals surface area contributed by atoms with Gasteiger partial charge in [-0.15, -0.1) is 0 Å². The zero-order valence-corrected chi connectivity index (χ0v) is 10.3. The molecule has 1 unspecified atom stereocenters. The molecule has 92 valence electrons. The second-order valence-electron chi connectivity index (χ2n) is 3.81. The number of nitrogens with one attached hydrogen (secondary N) is 2. The molecule has 1 amide bonds. The van der Waals surface area contributed by atoms with Crippen LogP contribution in [0.1, 0.15) is 16.9 Å². The van der Waals surface area contributed by atoms with E-state index in [1.807, 2.05) is 11.8 Å². The number of hydrogen-bond acceptors (Lipinski definition) is 4. The lowest BCUT2D eigenvalue weighted by Gasteiger charge is -2.11. The van der Waals surface area contributed by atoms with Crippen molar-refractivity contribution < 1.29 is 9.53 Å². The molecule has 2 N–H and O–H groups in total. The van der Waals surface area contributed by atoms with Gasteiger partial charge in [-0.05, 0) is 12.2 Å². The van der Waals surface area contributed by atoms with Crippen molar-refractivity contribution in [3.8, 4) is 5.75 Å². The quantitative estimate of drug-likeness (QED) is 0.829. The standard InChI is InChI=1S/C11H14N2O3S/c1-16-10-5-12-8(4-9(10)14)11(15)13-7-2-3-17-6-7/h4-5,7H,2-3,6H2,1H3,(H,12,14)(H,13,15). The maximum absolute atomic E-state index is 11.8. The van der Waals surface area contributed by atoms with Gasteiger partial charge in [-0.25, -0.2) is 0 Å². The van der Waals surface area contributed by atoms with E-state index in [1.54, 1.807) is 0 Å². The van der Waals surface area contributed by atoms with Crippen LogP contribution in [0, 0.1) is 0 Å². The van der Waals surface area contributed by atoms with Crippen LogP contribution in [0.15, 0.2) is 17.1 Å². The van der Waals surface area contributed by atoms with Crippen LogP contribution in [0.2, 0.25) is 0 Å². The molecule has 0 bridgehead atoms. The van der Waals surface area contributed by atoms with Crippen molar-refractivity contribution in [3.05, 3.63) is 28.2 Å². The summed E-state index contributed by atoms with van der Waals surface area (Å²) in [7, 11) is 1.42. The smallest absolute Gasteiger partial charge is 0.268 e. The third-order valence-electron chi connectivity index (χ3n) is 2.61. The van der Waals surface area contributed by atoms with Gasteiger partial charge in [0, 0.05) is 24.1 Å². The Labute approximate surface area is 103 Å². The number of carbonyl (C=O) groups excluding carboxylic acids is 1. The van der Waals surface area contributed by atoms with Crippen molar-refractivity contribution in [3.63, 3.8) is 0 Å². The van der Waals surface area contributed by atoms with Gasteiger partial charge in [-0.3, -0.25) is 9.59 Å². The zero-order chi connectivity index (χ0) is 12.3. The summed E-state index contributed by atoms with van der Waals surface area (Å²) < 4.78 is 4.83. The molecular formula is C11H14N2O3S. The van der Waals surface area contributed by atoms with Crippen molar-refractivity contribution >= 4 is 17.7 Å². The topological polar surface area (TPSA) is 71.2 Å². The number of hydrogen-bond donors (Lipinski definition) is 2. The fourth-order valence-electron chi connectivity index (χ4n) is 1.66. The van der Waals surface area contributed by atoms with E-state index in [2.05, 4.69) is 10.3 Å². The molecule has 1 aromatic heterocycles. The Hall–Kier alpha value is -1.43. The van der Waals surface area contributed by atoms with Crippen molar-refractivity contribution in [2.75, 3.05) is 18.6 Å². The van der Waals surface area contributed by atoms with Crippen LogP contribution in [-0.4, -0.2) is 35.5 Å². The van der Waals surface area contributed by atoms with E-state index in [1.165, 1.54) is 19.4 Å². The van der Waals surface area contributed by atoms with E-state index < -0.39 is 0 Å². The van der Waals surface area contributed by atoms with E-state index in [0.717, 1.165) is 17.9 Å². The minimum Gasteiger partial charge on any atom is -0.491 e. The van der Waals surface area contributed by atoms with E-state index in [9.17, 15) is 9.59 Å². The molecule has 1 atom stereocenters. The highest BCUT2D eigenvalue weighted by molar-refractivity contribution is 7.99. The number of methoxy groups -OCH3 is 1. The third-order valence-corrected chi connectivity index (χ3v) is 3.77. The Morgan fingerprint density at radius 1 is 1.65 bits per heavy atom. The Morgan fingerprint density at radius 2 is 2.47 bits per heavy atom. The van der Waals surface area contributed by atoms with E-state index in [4.69, 9.17) is 4.74 Å². The monoisotopic (exact) mass is 254 g/mol. The molecule has 1 saturated heterocycles. The first-order valence-electron chi connectivity index (χ1n) is 5.36. The second kappa shape index (κ2) is 5.27. The number of thioether (sulfide) groups is 1. The van der Waals surface area contributed by atoms with Gasteiger partial charge in [0.1, 0.15) is 5.69 Å². The van der Waals surface area contributed by atoms with Gasteiger partial charge in [0.05, 0.1) is 7.11 Å². The molecule has 17 heavy (non-hydrogen) atoms. The van der Waals surface area contributed by atoms with Crippen molar-refractivity contribution in [2.24, 2.45) is 0 Å². The number of aromatic amines is 1. The van der Waals surface area contributed by atoms with Crippen LogP contribution in [0.3, 0.4) is 0 Å². The van der Waals surface area contributed by atoms with Crippen molar-refractivity contribution in [1.82, 2.24) is 10.3 Å². The fraction of sp³-hybridized carbons (Fsp3) is 0.455. The molecule has 0 radical (unpaired) electrons. The number of carbonyl (C=O) groups is 1. The second-order valence-corrected chi connectivity index (χ2v) is 4.96. The molecule has 2 rings (SSSR count). The Kier molecular flexibility index (Phi) is 3.73. The van der Waals surface area contributed by atoms with Gasteiger partial charge in [0.2, 0.25) is 5.43 Å². The summed E-state index contributed by atoms with van der Waals surface area (Å²) in [6.45, 7) is 0. The minimum atomic E-state index is -0.294. The summed E-state index contributed by atoms with van der Waals surface area (Å²) in [6.07, 6.45) is 2.39. The van der Waals surface area contributed by atoms with Gasteiger partial charge < -0.3 is 15.0 Å². The van der Waals surface area contributed by atoms with Gasteiger partial charge in [-0.2, -0.15) is 11.8 Å². The average Bonchev–Trinajstić information content (AvgIpc) is 2.81. The lowest BCUT2D eigenvalue weighted by molar-refractivity contribution is 0.0936. The SMILES string of the molecule is COc1c[nH]c(C(=O)NC2CCSC2)cc1=O. The van der Waals surface area contributed by atoms with Gasteiger partial charge in [-0.1, -0.05) is 0 Å². The highest BCUT2D eigenvalue weighted by Gasteiger charge is 2.19. The van der Waals surface area contributed by atoms with Crippen LogP contribution in [0.25, 0.3) is 0 Å². The summed E-state index contributed by atoms with van der Waals surface area (Å²) in [6, 6.07) is 1.47. The average molecular weight is 254 g/mol. The van der Waals surface area contributed by atoms with Crippen LogP contribution in [0.4, 0.5) is 0 Å². The van der Waals surface area contributed by atoms with Crippen LogP contribution in [0.5, 0.6) is 5.75 Å². The molecule has 0 aliphatic carbocycles. The van der Waals surface area contributed by atoms with Crippen molar-refractivity contribution in [2.45, 2.75) is 12.5 Å². The largest absolute Gasteiger partial charge is 0.491 e. The molecule has 1 aliphatic rings. The van der Waals surface area contributed by atoms with Gasteiger partial charge >= 0.3 is 0 Å². The zero-order valence-electron chi connectivity index (χ0n) is 9.49. The molecule has 1 fully saturated rings. The molecule has 1 aliphatic heterocycles. The Balaban J connectivity index is 2.08. The van der Waals surface area contributed by atoms with Crippen LogP contribution >= 0.6 is 11.8 Å². The van der Waals surface area contributed by atoms with E-state index in [0.29, 0.717) is 0 Å². The minimum absolute atomic E-state index is 0.206. The first-order chi connectivity index (χ1) is 8.20. The molecule has 6 heteroatoms. The lowest BCUT2D eigenvalue weighted by Crippen LogP contribution is -2.35. The molecule has 1 aromatic rings. The van der Waals surface area contributed by atoms with Crippen molar-refractivity contribution in [1.29, 1.82) is 0 Å². The number of ether oxygens (including phenoxy) is 1. The molecule has 2 heterocycles. The van der Waals surface area contributed by atoms with Gasteiger partial charge in [0.15, 0.2) is 5.75 Å². The summed E-state index contributed by atoms with van der Waals surface area (Å²) in [4.78, 5) is 26.1. The molecule has 0 saturated carbocycles. The number of H-pyrrole nitrogens is 1. The maximum atomic E-state index is 11.8. The Morgan fingerprint density at radius 3 is 3.06 bits per heavy atom. The summed E-state index contributed by atoms with van der Waals surface area (Å²) in [5, 5.41) is 2.89. The normalized spacial score (nSPS) is 19.0. The molecule has 0 spiro atoms. The van der Waals surface area contributed by atoms with Crippen LogP contribution < -0.4 is 15.5 Å². The first kappa shape index (κ1) is 12.0. The lowest BCUT2D eigenvalue weighted by atomic mass is 10.2. The summed E-state index contributed by atoms with van der Waals surface area (Å²) in [5.74, 6) is 1.98. The Bertz CT molecular complexity index is 466. The number of rotatable bonds is 3. The molecular weight excluding hydrogens is 240 g/mol. The molecule has 0 aromatic carbocycles. The maximum Gasteiger partial charge on any atom is 0.268 e. The number of aromatic nitrogens is 1. The fourth-order valence-corrected chi connectivity index (χ4v) is 2.81. The predicted octanol–water partition coefficient (Wildman–Crippen LogP) is 0.619. The van der Waals surface area contributed by atoms with Crippen LogP contribution in [-0.2, 0) is 0 Å². The van der Waals surface area contributed by atoms with Gasteiger partial charge in [0.25, 0.3) is 5.91 Å². The number of amides is 1. The highest BCUT2D eigenvalue weighted by Crippen LogP contribution is 2.17. The third kappa shape index (κ3) is 2.82. The van der Waals surface area contributed by atoms with E-state index in [-0.39, 0.29) is 28.8 Å². The predicted molar refractivity (Wildman–Crippen MR) is 66.8 cm³/mol. The first-order valence-corrected chi connectivity index (χ1v) is 6.51. The molecule has 5 nitrogen and oxygen atoms in total. The highest BCUT2D eigenvalue weighted by atomic mass is 32.2. The van der Waals surface area contributed by atoms with E-state index >= 15 is 0 Å². The summed E-state index contributed by atoms with van der Waals surface area (Å²) in [5.41, 5.74) is -0.0232. The summed E-state index contributed by atoms with van der Waals surface area (Å²) >= 11 is 1.82.